The molecule has 3 nitrogen and oxygen atoms in total. The Hall–Kier alpha value is -0.770. The normalized spacial score (nSPS) is 12.3. The molecule has 0 aliphatic carbocycles. The van der Waals surface area contributed by atoms with Crippen LogP contribution in [0.2, 0.25) is 10.0 Å². The molecule has 0 aliphatic heterocycles. The van der Waals surface area contributed by atoms with Gasteiger partial charge < -0.3 is 9.84 Å². The standard InChI is InChI=1S/C10H10Cl2O3/c1-15-10(14)5-9(13)6-2-7(11)4-8(12)3-6/h2-4,9,13H,5H2,1H3/t9-/m0/s1. The minimum Gasteiger partial charge on any atom is -0.469 e. The van der Waals surface area contributed by atoms with Crippen molar-refractivity contribution in [3.8, 4) is 0 Å². The van der Waals surface area contributed by atoms with Gasteiger partial charge in [0.15, 0.2) is 0 Å². The quantitative estimate of drug-likeness (QED) is 0.837. The van der Waals surface area contributed by atoms with Crippen molar-refractivity contribution in [3.63, 3.8) is 0 Å². The molecule has 1 aromatic rings. The summed E-state index contributed by atoms with van der Waals surface area (Å²) in [6, 6.07) is 4.67. The fourth-order valence-corrected chi connectivity index (χ4v) is 1.67. The second-order valence-electron chi connectivity index (χ2n) is 3.00. The van der Waals surface area contributed by atoms with E-state index in [-0.39, 0.29) is 6.42 Å². The highest BCUT2D eigenvalue weighted by Gasteiger charge is 2.14. The summed E-state index contributed by atoms with van der Waals surface area (Å²) in [5.74, 6) is -0.487. The van der Waals surface area contributed by atoms with Crippen LogP contribution in [0.15, 0.2) is 18.2 Å². The molecule has 1 rings (SSSR count). The number of carbonyl (C=O) groups excluding carboxylic acids is 1. The Kier molecular flexibility index (Phi) is 4.39. The smallest absolute Gasteiger partial charge is 0.308 e. The zero-order chi connectivity index (χ0) is 11.4. The summed E-state index contributed by atoms with van der Waals surface area (Å²) in [6.07, 6.45) is -1.07. The predicted octanol–water partition coefficient (Wildman–Crippen LogP) is 2.59. The molecule has 0 unspecified atom stereocenters. The van der Waals surface area contributed by atoms with Gasteiger partial charge >= 0.3 is 5.97 Å². The lowest BCUT2D eigenvalue weighted by Gasteiger charge is -2.10. The zero-order valence-corrected chi connectivity index (χ0v) is 9.55. The van der Waals surface area contributed by atoms with Gasteiger partial charge in [0, 0.05) is 10.0 Å². The average molecular weight is 249 g/mol. The molecule has 0 heterocycles. The molecule has 0 amide bonds. The number of esters is 1. The van der Waals surface area contributed by atoms with Crippen molar-refractivity contribution in [2.75, 3.05) is 7.11 Å². The van der Waals surface area contributed by atoms with Gasteiger partial charge in [0.1, 0.15) is 0 Å². The largest absolute Gasteiger partial charge is 0.469 e. The molecule has 82 valence electrons. The van der Waals surface area contributed by atoms with Gasteiger partial charge in [-0.1, -0.05) is 23.2 Å². The maximum Gasteiger partial charge on any atom is 0.308 e. The van der Waals surface area contributed by atoms with E-state index in [4.69, 9.17) is 23.2 Å². The van der Waals surface area contributed by atoms with Crippen LogP contribution < -0.4 is 0 Å². The van der Waals surface area contributed by atoms with Crippen molar-refractivity contribution < 1.29 is 14.6 Å². The lowest BCUT2D eigenvalue weighted by Crippen LogP contribution is -2.08. The van der Waals surface area contributed by atoms with Crippen LogP contribution in [0.5, 0.6) is 0 Å². The summed E-state index contributed by atoms with van der Waals surface area (Å²) in [7, 11) is 1.26. The van der Waals surface area contributed by atoms with Gasteiger partial charge in [0.05, 0.1) is 19.6 Å². The highest BCUT2D eigenvalue weighted by molar-refractivity contribution is 6.34. The molecule has 15 heavy (non-hydrogen) atoms. The minimum absolute atomic E-state index is 0.118. The molecule has 1 N–H and O–H groups in total. The van der Waals surface area contributed by atoms with E-state index in [9.17, 15) is 9.90 Å². The Bertz CT molecular complexity index is 345. The number of hydrogen-bond donors (Lipinski definition) is 1. The first kappa shape index (κ1) is 12.3. The van der Waals surface area contributed by atoms with Gasteiger partial charge in [-0.25, -0.2) is 0 Å². The van der Waals surface area contributed by atoms with Gasteiger partial charge in [-0.2, -0.15) is 0 Å². The summed E-state index contributed by atoms with van der Waals surface area (Å²) in [6.45, 7) is 0. The maximum atomic E-state index is 10.9. The predicted molar refractivity (Wildman–Crippen MR) is 58.1 cm³/mol. The second-order valence-corrected chi connectivity index (χ2v) is 3.87. The van der Waals surface area contributed by atoms with E-state index < -0.39 is 12.1 Å². The van der Waals surface area contributed by atoms with Crippen molar-refractivity contribution >= 4 is 29.2 Å². The van der Waals surface area contributed by atoms with Crippen molar-refractivity contribution in [1.29, 1.82) is 0 Å². The first-order chi connectivity index (χ1) is 7.02. The highest BCUT2D eigenvalue weighted by Crippen LogP contribution is 2.25. The van der Waals surface area contributed by atoms with E-state index in [1.165, 1.54) is 7.11 Å². The van der Waals surface area contributed by atoms with Crippen molar-refractivity contribution in [1.82, 2.24) is 0 Å². The Morgan fingerprint density at radius 1 is 1.40 bits per heavy atom. The molecule has 0 fully saturated rings. The van der Waals surface area contributed by atoms with Crippen LogP contribution >= 0.6 is 23.2 Å². The first-order valence-corrected chi connectivity index (χ1v) is 4.99. The SMILES string of the molecule is COC(=O)C[C@H](O)c1cc(Cl)cc(Cl)c1. The third kappa shape index (κ3) is 3.70. The zero-order valence-electron chi connectivity index (χ0n) is 8.04. The number of carbonyl (C=O) groups is 1. The van der Waals surface area contributed by atoms with E-state index in [0.717, 1.165) is 0 Å². The third-order valence-corrected chi connectivity index (χ3v) is 2.29. The molecule has 0 bridgehead atoms. The lowest BCUT2D eigenvalue weighted by atomic mass is 10.1. The summed E-state index contributed by atoms with van der Waals surface area (Å²) < 4.78 is 4.44. The van der Waals surface area contributed by atoms with Crippen LogP contribution in [-0.4, -0.2) is 18.2 Å². The Morgan fingerprint density at radius 2 is 1.93 bits per heavy atom. The fourth-order valence-electron chi connectivity index (χ4n) is 1.13. The van der Waals surface area contributed by atoms with E-state index >= 15 is 0 Å². The van der Waals surface area contributed by atoms with Gasteiger partial charge in [-0.15, -0.1) is 0 Å². The van der Waals surface area contributed by atoms with Crippen LogP contribution in [-0.2, 0) is 9.53 Å². The summed E-state index contributed by atoms with van der Waals surface area (Å²) in [5, 5.41) is 10.5. The van der Waals surface area contributed by atoms with Gasteiger partial charge in [-0.3, -0.25) is 4.79 Å². The van der Waals surface area contributed by atoms with Crippen molar-refractivity contribution in [2.45, 2.75) is 12.5 Å². The molecule has 0 aliphatic rings. The number of halogens is 2. The van der Waals surface area contributed by atoms with Crippen LogP contribution in [0.25, 0.3) is 0 Å². The Morgan fingerprint density at radius 3 is 2.40 bits per heavy atom. The molecule has 1 aromatic carbocycles. The first-order valence-electron chi connectivity index (χ1n) is 4.24. The van der Waals surface area contributed by atoms with Crippen LogP contribution in [0, 0.1) is 0 Å². The summed E-state index contributed by atoms with van der Waals surface area (Å²) in [5.41, 5.74) is 0.498. The number of benzene rings is 1. The minimum atomic E-state index is -0.950. The molecule has 0 spiro atoms. The van der Waals surface area contributed by atoms with Crippen molar-refractivity contribution in [3.05, 3.63) is 33.8 Å². The monoisotopic (exact) mass is 248 g/mol. The van der Waals surface area contributed by atoms with E-state index in [1.54, 1.807) is 18.2 Å². The molecule has 0 saturated heterocycles. The topological polar surface area (TPSA) is 46.5 Å². The number of ether oxygens (including phenoxy) is 1. The Balaban J connectivity index is 2.81. The molecule has 1 atom stereocenters. The van der Waals surface area contributed by atoms with E-state index in [1.807, 2.05) is 0 Å². The molecular formula is C10H10Cl2O3. The van der Waals surface area contributed by atoms with Gasteiger partial charge in [-0.05, 0) is 23.8 Å². The number of methoxy groups -OCH3 is 1. The molecule has 0 aromatic heterocycles. The number of rotatable bonds is 3. The lowest BCUT2D eigenvalue weighted by molar-refractivity contribution is -0.142. The third-order valence-electron chi connectivity index (χ3n) is 1.86. The van der Waals surface area contributed by atoms with E-state index in [2.05, 4.69) is 4.74 Å². The second kappa shape index (κ2) is 5.35. The Labute approximate surface area is 97.6 Å². The fraction of sp³-hybridized carbons (Fsp3) is 0.300. The molecular weight excluding hydrogens is 239 g/mol. The van der Waals surface area contributed by atoms with Gasteiger partial charge in [0.25, 0.3) is 0 Å². The average Bonchev–Trinajstić information content (AvgIpc) is 2.16. The van der Waals surface area contributed by atoms with Crippen LogP contribution in [0.4, 0.5) is 0 Å². The van der Waals surface area contributed by atoms with Crippen LogP contribution in [0.3, 0.4) is 0 Å². The summed E-state index contributed by atoms with van der Waals surface area (Å²) >= 11 is 11.5. The number of aliphatic hydroxyl groups excluding tert-OH is 1. The highest BCUT2D eigenvalue weighted by atomic mass is 35.5. The van der Waals surface area contributed by atoms with Crippen LogP contribution in [0.1, 0.15) is 18.1 Å². The van der Waals surface area contributed by atoms with Gasteiger partial charge in [0.2, 0.25) is 0 Å². The van der Waals surface area contributed by atoms with E-state index in [0.29, 0.717) is 15.6 Å². The number of hydrogen-bond acceptors (Lipinski definition) is 3. The van der Waals surface area contributed by atoms with Crippen molar-refractivity contribution in [2.24, 2.45) is 0 Å². The maximum absolute atomic E-state index is 10.9. The molecule has 5 heteroatoms. The number of aliphatic hydroxyl groups is 1. The summed E-state index contributed by atoms with van der Waals surface area (Å²) in [4.78, 5) is 10.9. The molecule has 0 radical (unpaired) electrons. The molecule has 0 saturated carbocycles.